The van der Waals surface area contributed by atoms with Crippen molar-refractivity contribution in [2.45, 2.75) is 64.3 Å². The topological polar surface area (TPSA) is 125 Å². The zero-order chi connectivity index (χ0) is 26.9. The Bertz CT molecular complexity index is 1200. The standard InChI is InChI=1S/C27H31F2N3O5/c1-2-3-23-25(27(37)30-16-17-4-8-19(28)9-5-17)31-26(18-6-10-20(29)11-7-18)32(23)13-12-21(33)14-22(34)15-24(35)36/h4-11,21-22,33-34H,2-3,12-16H2,1H3,(H,30,37)(H,35,36)/t21-,22-/m1/s1. The fourth-order valence-corrected chi connectivity index (χ4v) is 4.08. The van der Waals surface area contributed by atoms with Gasteiger partial charge in [0, 0.05) is 18.7 Å². The Kier molecular flexibility index (Phi) is 9.87. The first-order valence-corrected chi connectivity index (χ1v) is 12.1. The summed E-state index contributed by atoms with van der Waals surface area (Å²) in [6.45, 7) is 2.36. The molecule has 0 radical (unpaired) electrons. The van der Waals surface area contributed by atoms with Crippen molar-refractivity contribution in [3.05, 3.63) is 77.1 Å². The highest BCUT2D eigenvalue weighted by Crippen LogP contribution is 2.26. The maximum absolute atomic E-state index is 13.6. The highest BCUT2D eigenvalue weighted by molar-refractivity contribution is 5.94. The first-order chi connectivity index (χ1) is 17.7. The van der Waals surface area contributed by atoms with Crippen LogP contribution in [-0.4, -0.2) is 49.0 Å². The molecule has 0 spiro atoms. The lowest BCUT2D eigenvalue weighted by Gasteiger charge is -2.17. The molecule has 0 saturated carbocycles. The van der Waals surface area contributed by atoms with Gasteiger partial charge in [0.25, 0.3) is 5.91 Å². The van der Waals surface area contributed by atoms with Crippen LogP contribution in [0.15, 0.2) is 48.5 Å². The summed E-state index contributed by atoms with van der Waals surface area (Å²) in [7, 11) is 0. The molecule has 0 aliphatic carbocycles. The van der Waals surface area contributed by atoms with Crippen LogP contribution in [0, 0.1) is 11.6 Å². The predicted octanol–water partition coefficient (Wildman–Crippen LogP) is 3.69. The summed E-state index contributed by atoms with van der Waals surface area (Å²) in [4.78, 5) is 28.6. The van der Waals surface area contributed by atoms with Crippen LogP contribution in [0.4, 0.5) is 8.78 Å². The SMILES string of the molecule is CCCc1c(C(=O)NCc2ccc(F)cc2)nc(-c2ccc(F)cc2)n1CC[C@@H](O)C[C@@H](O)CC(=O)O. The van der Waals surface area contributed by atoms with E-state index >= 15 is 0 Å². The molecule has 0 unspecified atom stereocenters. The van der Waals surface area contributed by atoms with Crippen molar-refractivity contribution in [3.63, 3.8) is 0 Å². The molecule has 0 bridgehead atoms. The van der Waals surface area contributed by atoms with Crippen LogP contribution in [-0.2, 0) is 24.3 Å². The number of imidazole rings is 1. The number of hydrogen-bond donors (Lipinski definition) is 4. The molecule has 3 rings (SSSR count). The number of nitrogens with one attached hydrogen (secondary N) is 1. The number of benzene rings is 2. The van der Waals surface area contributed by atoms with Crippen LogP contribution in [0.25, 0.3) is 11.4 Å². The van der Waals surface area contributed by atoms with Gasteiger partial charge in [-0.15, -0.1) is 0 Å². The third-order valence-electron chi connectivity index (χ3n) is 5.88. The van der Waals surface area contributed by atoms with Gasteiger partial charge in [-0.05, 0) is 61.2 Å². The molecule has 0 fully saturated rings. The van der Waals surface area contributed by atoms with Crippen molar-refractivity contribution in [2.75, 3.05) is 0 Å². The predicted molar refractivity (Wildman–Crippen MR) is 133 cm³/mol. The van der Waals surface area contributed by atoms with Gasteiger partial charge >= 0.3 is 5.97 Å². The first-order valence-electron chi connectivity index (χ1n) is 12.1. The monoisotopic (exact) mass is 515 g/mol. The average Bonchev–Trinajstić information content (AvgIpc) is 3.20. The number of halogens is 2. The van der Waals surface area contributed by atoms with E-state index in [1.165, 1.54) is 24.3 Å². The molecule has 198 valence electrons. The largest absolute Gasteiger partial charge is 0.481 e. The number of carbonyl (C=O) groups excluding carboxylic acids is 1. The lowest BCUT2D eigenvalue weighted by molar-refractivity contribution is -0.139. The molecule has 10 heteroatoms. The average molecular weight is 516 g/mol. The minimum absolute atomic E-state index is 0.110. The van der Waals surface area contributed by atoms with E-state index < -0.39 is 36.3 Å². The van der Waals surface area contributed by atoms with Crippen LogP contribution >= 0.6 is 0 Å². The van der Waals surface area contributed by atoms with Crippen molar-refractivity contribution in [3.8, 4) is 11.4 Å². The van der Waals surface area contributed by atoms with Gasteiger partial charge in [0.2, 0.25) is 0 Å². The van der Waals surface area contributed by atoms with Crippen molar-refractivity contribution in [1.82, 2.24) is 14.9 Å². The Morgan fingerprint density at radius 1 is 1.00 bits per heavy atom. The van der Waals surface area contributed by atoms with E-state index in [-0.39, 0.29) is 37.4 Å². The maximum Gasteiger partial charge on any atom is 0.305 e. The Balaban J connectivity index is 1.88. The van der Waals surface area contributed by atoms with Crippen LogP contribution < -0.4 is 5.32 Å². The van der Waals surface area contributed by atoms with E-state index in [4.69, 9.17) is 5.11 Å². The molecule has 37 heavy (non-hydrogen) atoms. The minimum atomic E-state index is -1.19. The molecular weight excluding hydrogens is 484 g/mol. The quantitative estimate of drug-likeness (QED) is 0.275. The molecule has 8 nitrogen and oxygen atoms in total. The molecule has 2 atom stereocenters. The summed E-state index contributed by atoms with van der Waals surface area (Å²) >= 11 is 0. The number of nitrogens with zero attached hydrogens (tertiary/aromatic N) is 2. The molecule has 4 N–H and O–H groups in total. The Morgan fingerprint density at radius 2 is 1.62 bits per heavy atom. The molecule has 2 aromatic carbocycles. The van der Waals surface area contributed by atoms with Gasteiger partial charge in [-0.1, -0.05) is 25.5 Å². The van der Waals surface area contributed by atoms with Crippen LogP contribution in [0.3, 0.4) is 0 Å². The van der Waals surface area contributed by atoms with Gasteiger partial charge in [0.1, 0.15) is 23.2 Å². The Hall–Kier alpha value is -3.63. The molecule has 0 aliphatic heterocycles. The highest BCUT2D eigenvalue weighted by Gasteiger charge is 2.24. The van der Waals surface area contributed by atoms with Gasteiger partial charge in [-0.2, -0.15) is 0 Å². The van der Waals surface area contributed by atoms with Gasteiger partial charge in [0.05, 0.1) is 24.3 Å². The van der Waals surface area contributed by atoms with Gasteiger partial charge in [-0.3, -0.25) is 9.59 Å². The molecule has 1 aromatic heterocycles. The summed E-state index contributed by atoms with van der Waals surface area (Å²) in [6.07, 6.45) is -1.37. The normalized spacial score (nSPS) is 12.8. The number of aliphatic hydroxyl groups excluding tert-OH is 2. The fourth-order valence-electron chi connectivity index (χ4n) is 4.08. The van der Waals surface area contributed by atoms with E-state index in [1.807, 2.05) is 6.92 Å². The number of aromatic nitrogens is 2. The van der Waals surface area contributed by atoms with Gasteiger partial charge < -0.3 is 25.2 Å². The second-order valence-corrected chi connectivity index (χ2v) is 8.88. The number of rotatable bonds is 13. The zero-order valence-corrected chi connectivity index (χ0v) is 20.5. The Labute approximate surface area is 213 Å². The van der Waals surface area contributed by atoms with Gasteiger partial charge in [0.15, 0.2) is 0 Å². The van der Waals surface area contributed by atoms with Gasteiger partial charge in [-0.25, -0.2) is 13.8 Å². The molecule has 0 aliphatic rings. The van der Waals surface area contributed by atoms with E-state index in [1.54, 1.807) is 28.8 Å². The van der Waals surface area contributed by atoms with Crippen molar-refractivity contribution in [1.29, 1.82) is 0 Å². The number of carbonyl (C=O) groups is 2. The Morgan fingerprint density at radius 3 is 2.22 bits per heavy atom. The van der Waals surface area contributed by atoms with Crippen LogP contribution in [0.1, 0.15) is 54.4 Å². The molecule has 3 aromatic rings. The third-order valence-corrected chi connectivity index (χ3v) is 5.88. The molecular formula is C27H31F2N3O5. The molecule has 1 heterocycles. The maximum atomic E-state index is 13.6. The molecule has 1 amide bonds. The molecule has 0 saturated heterocycles. The summed E-state index contributed by atoms with van der Waals surface area (Å²) in [5.41, 5.74) is 2.13. The van der Waals surface area contributed by atoms with Crippen molar-refractivity contribution in [2.24, 2.45) is 0 Å². The van der Waals surface area contributed by atoms with Crippen LogP contribution in [0.2, 0.25) is 0 Å². The number of carboxylic acid groups (broad SMARTS) is 1. The number of aliphatic carboxylic acids is 1. The second-order valence-electron chi connectivity index (χ2n) is 8.88. The van der Waals surface area contributed by atoms with E-state index in [9.17, 15) is 28.6 Å². The highest BCUT2D eigenvalue weighted by atomic mass is 19.1. The fraction of sp³-hybridized carbons (Fsp3) is 0.370. The second kappa shape index (κ2) is 13.1. The summed E-state index contributed by atoms with van der Waals surface area (Å²) in [6, 6.07) is 11.5. The van der Waals surface area contributed by atoms with Crippen molar-refractivity contribution < 1.29 is 33.7 Å². The smallest absolute Gasteiger partial charge is 0.305 e. The first kappa shape index (κ1) is 27.9. The van der Waals surface area contributed by atoms with Crippen molar-refractivity contribution >= 4 is 11.9 Å². The van der Waals surface area contributed by atoms with E-state index in [0.29, 0.717) is 35.5 Å². The lowest BCUT2D eigenvalue weighted by Crippen LogP contribution is -2.25. The minimum Gasteiger partial charge on any atom is -0.481 e. The lowest BCUT2D eigenvalue weighted by atomic mass is 10.1. The number of carboxylic acids is 1. The third kappa shape index (κ3) is 7.93. The summed E-state index contributed by atoms with van der Waals surface area (Å²) in [5.74, 6) is -1.95. The summed E-state index contributed by atoms with van der Waals surface area (Å²) < 4.78 is 28.6. The number of amides is 1. The zero-order valence-electron chi connectivity index (χ0n) is 20.5. The summed E-state index contributed by atoms with van der Waals surface area (Å²) in [5, 5.41) is 31.9. The van der Waals surface area contributed by atoms with Crippen LogP contribution in [0.5, 0.6) is 0 Å². The van der Waals surface area contributed by atoms with E-state index in [0.717, 1.165) is 0 Å². The number of hydrogen-bond acceptors (Lipinski definition) is 5. The number of aliphatic hydroxyl groups is 2. The van der Waals surface area contributed by atoms with E-state index in [2.05, 4.69) is 10.3 Å².